The standard InChI is InChI=1S/C17H22ClN5O/c1-2-3-4-5-14(24)23-11-6-7-12(23)13(8-11)22-10-21-15-16(18)19-9-20-17(15)22/h9-13H,2-8H2,1H3/t11-,12+,13-/m0/s1. The van der Waals surface area contributed by atoms with Crippen LogP contribution in [0.15, 0.2) is 12.7 Å². The number of nitrogens with zero attached hydrogens (tertiary/aromatic N) is 5. The van der Waals surface area contributed by atoms with Gasteiger partial charge in [-0.05, 0) is 25.7 Å². The van der Waals surface area contributed by atoms with Crippen LogP contribution in [0.4, 0.5) is 0 Å². The lowest BCUT2D eigenvalue weighted by Gasteiger charge is -2.25. The summed E-state index contributed by atoms with van der Waals surface area (Å²) in [6, 6.07) is 0.869. The molecule has 2 saturated heterocycles. The fourth-order valence-electron chi connectivity index (χ4n) is 4.37. The quantitative estimate of drug-likeness (QED) is 0.614. The SMILES string of the molecule is CCCCCC(=O)N1[C@H]2CC[C@@H]1[C@@H](n1cnc3c(Cl)ncnc31)C2. The van der Waals surface area contributed by atoms with E-state index in [1.165, 1.54) is 6.33 Å². The maximum absolute atomic E-state index is 12.7. The zero-order chi connectivity index (χ0) is 16.7. The van der Waals surface area contributed by atoms with Gasteiger partial charge >= 0.3 is 0 Å². The minimum atomic E-state index is 0.245. The first-order chi connectivity index (χ1) is 11.7. The van der Waals surface area contributed by atoms with Crippen LogP contribution in [0.1, 0.15) is 57.9 Å². The Bertz CT molecular complexity index is 761. The Morgan fingerprint density at radius 3 is 2.96 bits per heavy atom. The summed E-state index contributed by atoms with van der Waals surface area (Å²) in [6.07, 6.45) is 10.4. The van der Waals surface area contributed by atoms with E-state index in [4.69, 9.17) is 11.6 Å². The third-order valence-electron chi connectivity index (χ3n) is 5.46. The molecule has 0 aromatic carbocycles. The van der Waals surface area contributed by atoms with Gasteiger partial charge in [0.1, 0.15) is 11.8 Å². The molecule has 2 aliphatic heterocycles. The molecule has 0 unspecified atom stereocenters. The van der Waals surface area contributed by atoms with Crippen molar-refractivity contribution in [2.24, 2.45) is 0 Å². The molecule has 2 bridgehead atoms. The van der Waals surface area contributed by atoms with Gasteiger partial charge in [-0.25, -0.2) is 15.0 Å². The average Bonchev–Trinajstić information content (AvgIpc) is 3.27. The summed E-state index contributed by atoms with van der Waals surface area (Å²) in [5, 5.41) is 0.384. The van der Waals surface area contributed by atoms with Crippen LogP contribution in [0.3, 0.4) is 0 Å². The molecule has 24 heavy (non-hydrogen) atoms. The van der Waals surface area contributed by atoms with Crippen LogP contribution in [0.2, 0.25) is 5.15 Å². The van der Waals surface area contributed by atoms with Crippen LogP contribution < -0.4 is 0 Å². The lowest BCUT2D eigenvalue weighted by Crippen LogP contribution is -2.36. The van der Waals surface area contributed by atoms with Crippen LogP contribution in [0.5, 0.6) is 0 Å². The van der Waals surface area contributed by atoms with Crippen LogP contribution in [0.25, 0.3) is 11.2 Å². The van der Waals surface area contributed by atoms with E-state index in [1.54, 1.807) is 6.33 Å². The average molecular weight is 348 g/mol. The Kier molecular flexibility index (Phi) is 4.16. The second-order valence-corrected chi connectivity index (χ2v) is 7.21. The van der Waals surface area contributed by atoms with Crippen molar-refractivity contribution >= 4 is 28.7 Å². The summed E-state index contributed by atoms with van der Waals surface area (Å²) in [4.78, 5) is 27.6. The van der Waals surface area contributed by atoms with E-state index in [-0.39, 0.29) is 12.1 Å². The summed E-state index contributed by atoms with van der Waals surface area (Å²) >= 11 is 6.11. The number of rotatable bonds is 5. The number of carbonyl (C=O) groups is 1. The number of carbonyl (C=O) groups excluding carboxylic acids is 1. The third-order valence-corrected chi connectivity index (χ3v) is 5.73. The van der Waals surface area contributed by atoms with E-state index < -0.39 is 0 Å². The molecular formula is C17H22ClN5O. The lowest BCUT2D eigenvalue weighted by atomic mass is 9.95. The van der Waals surface area contributed by atoms with E-state index in [9.17, 15) is 4.79 Å². The van der Waals surface area contributed by atoms with Gasteiger partial charge in [0.25, 0.3) is 0 Å². The fraction of sp³-hybridized carbons (Fsp3) is 0.647. The van der Waals surface area contributed by atoms with Crippen molar-refractivity contribution in [3.63, 3.8) is 0 Å². The highest BCUT2D eigenvalue weighted by molar-refractivity contribution is 6.33. The summed E-state index contributed by atoms with van der Waals surface area (Å²) in [5.74, 6) is 0.315. The molecule has 2 aromatic heterocycles. The summed E-state index contributed by atoms with van der Waals surface area (Å²) in [7, 11) is 0. The predicted octanol–water partition coefficient (Wildman–Crippen LogP) is 3.36. The predicted molar refractivity (Wildman–Crippen MR) is 91.8 cm³/mol. The van der Waals surface area contributed by atoms with E-state index in [0.29, 0.717) is 29.0 Å². The second-order valence-electron chi connectivity index (χ2n) is 6.85. The van der Waals surface area contributed by atoms with Crippen molar-refractivity contribution in [2.75, 3.05) is 0 Å². The number of imidazole rings is 1. The molecule has 0 radical (unpaired) electrons. The Hall–Kier alpha value is -1.69. The van der Waals surface area contributed by atoms with Crippen molar-refractivity contribution in [3.05, 3.63) is 17.8 Å². The second kappa shape index (κ2) is 6.31. The van der Waals surface area contributed by atoms with E-state index in [2.05, 4.69) is 31.3 Å². The van der Waals surface area contributed by atoms with Crippen LogP contribution in [-0.4, -0.2) is 42.4 Å². The van der Waals surface area contributed by atoms with Crippen LogP contribution in [-0.2, 0) is 4.79 Å². The van der Waals surface area contributed by atoms with Gasteiger partial charge in [0, 0.05) is 12.5 Å². The molecule has 2 fully saturated rings. The van der Waals surface area contributed by atoms with Crippen molar-refractivity contribution in [1.82, 2.24) is 24.4 Å². The number of halogens is 1. The Morgan fingerprint density at radius 1 is 1.25 bits per heavy atom. The molecular weight excluding hydrogens is 326 g/mol. The topological polar surface area (TPSA) is 63.9 Å². The van der Waals surface area contributed by atoms with Gasteiger partial charge in [0.05, 0.1) is 18.4 Å². The first-order valence-corrected chi connectivity index (χ1v) is 9.22. The monoisotopic (exact) mass is 347 g/mol. The molecule has 4 heterocycles. The first kappa shape index (κ1) is 15.8. The largest absolute Gasteiger partial charge is 0.335 e. The molecule has 6 nitrogen and oxygen atoms in total. The van der Waals surface area contributed by atoms with Gasteiger partial charge in [-0.2, -0.15) is 0 Å². The fourth-order valence-corrected chi connectivity index (χ4v) is 4.54. The third kappa shape index (κ3) is 2.48. The molecule has 0 aliphatic carbocycles. The molecule has 7 heteroatoms. The summed E-state index contributed by atoms with van der Waals surface area (Å²) < 4.78 is 2.10. The maximum atomic E-state index is 12.7. The molecule has 0 saturated carbocycles. The Labute approximate surface area is 146 Å². The molecule has 0 spiro atoms. The smallest absolute Gasteiger partial charge is 0.223 e. The van der Waals surface area contributed by atoms with Gasteiger partial charge in [-0.1, -0.05) is 31.4 Å². The molecule has 4 rings (SSSR count). The van der Waals surface area contributed by atoms with E-state index >= 15 is 0 Å². The number of hydrogen-bond acceptors (Lipinski definition) is 4. The van der Waals surface area contributed by atoms with Crippen molar-refractivity contribution < 1.29 is 4.79 Å². The molecule has 2 aliphatic rings. The highest BCUT2D eigenvalue weighted by Crippen LogP contribution is 2.45. The van der Waals surface area contributed by atoms with Gasteiger partial charge in [-0.3, -0.25) is 4.79 Å². The van der Waals surface area contributed by atoms with Crippen molar-refractivity contribution in [3.8, 4) is 0 Å². The number of fused-ring (bicyclic) bond motifs is 3. The zero-order valence-electron chi connectivity index (χ0n) is 13.9. The summed E-state index contributed by atoms with van der Waals surface area (Å²) in [5.41, 5.74) is 1.41. The van der Waals surface area contributed by atoms with Crippen molar-refractivity contribution in [1.29, 1.82) is 0 Å². The van der Waals surface area contributed by atoms with Gasteiger partial charge < -0.3 is 9.47 Å². The van der Waals surface area contributed by atoms with Gasteiger partial charge in [0.2, 0.25) is 5.91 Å². The minimum absolute atomic E-state index is 0.245. The van der Waals surface area contributed by atoms with Crippen LogP contribution >= 0.6 is 11.6 Å². The molecule has 3 atom stereocenters. The number of hydrogen-bond donors (Lipinski definition) is 0. The van der Waals surface area contributed by atoms with E-state index in [1.807, 2.05) is 0 Å². The first-order valence-electron chi connectivity index (χ1n) is 8.85. The molecule has 2 aromatic rings. The van der Waals surface area contributed by atoms with Crippen molar-refractivity contribution in [2.45, 2.75) is 70.0 Å². The highest BCUT2D eigenvalue weighted by Gasteiger charge is 2.49. The Morgan fingerprint density at radius 2 is 2.12 bits per heavy atom. The molecule has 0 N–H and O–H groups in total. The number of amides is 1. The van der Waals surface area contributed by atoms with Crippen LogP contribution in [0, 0.1) is 0 Å². The van der Waals surface area contributed by atoms with Gasteiger partial charge in [0.15, 0.2) is 10.8 Å². The number of aromatic nitrogens is 4. The zero-order valence-corrected chi connectivity index (χ0v) is 14.6. The highest BCUT2D eigenvalue weighted by atomic mass is 35.5. The molecule has 1 amide bonds. The minimum Gasteiger partial charge on any atom is -0.335 e. The van der Waals surface area contributed by atoms with E-state index in [0.717, 1.165) is 44.2 Å². The molecule has 128 valence electrons. The Balaban J connectivity index is 1.58. The normalized spacial score (nSPS) is 25.8. The van der Waals surface area contributed by atoms with Gasteiger partial charge in [-0.15, -0.1) is 0 Å². The lowest BCUT2D eigenvalue weighted by molar-refractivity contribution is -0.132. The maximum Gasteiger partial charge on any atom is 0.223 e. The summed E-state index contributed by atoms with van der Waals surface area (Å²) in [6.45, 7) is 2.16. The number of unbranched alkanes of at least 4 members (excludes halogenated alkanes) is 2.